The summed E-state index contributed by atoms with van der Waals surface area (Å²) in [7, 11) is 3.94. The number of nitrogens with zero attached hydrogens (tertiary/aromatic N) is 5. The van der Waals surface area contributed by atoms with Gasteiger partial charge in [0, 0.05) is 100 Å². The van der Waals surface area contributed by atoms with Crippen LogP contribution < -0.4 is 25.4 Å². The number of nitrogens with one attached hydrogen (secondary N) is 2. The maximum atomic E-state index is 11.9. The third-order valence-corrected chi connectivity index (χ3v) is 8.76. The third kappa shape index (κ3) is 6.13. The fourth-order valence-electron chi connectivity index (χ4n) is 6.43. The monoisotopic (exact) mass is 593 g/mol. The van der Waals surface area contributed by atoms with Crippen LogP contribution >= 0.6 is 0 Å². The van der Waals surface area contributed by atoms with Crippen molar-refractivity contribution in [2.75, 3.05) is 62.0 Å². The van der Waals surface area contributed by atoms with Crippen LogP contribution in [0.1, 0.15) is 41.3 Å². The van der Waals surface area contributed by atoms with Crippen LogP contribution in [0.4, 0.5) is 17.3 Å². The molecule has 0 radical (unpaired) electrons. The Labute approximate surface area is 257 Å². The highest BCUT2D eigenvalue weighted by Gasteiger charge is 2.29. The van der Waals surface area contributed by atoms with Crippen LogP contribution in [-0.4, -0.2) is 72.8 Å². The van der Waals surface area contributed by atoms with E-state index in [1.54, 1.807) is 12.3 Å². The Morgan fingerprint density at radius 1 is 1.05 bits per heavy atom. The summed E-state index contributed by atoms with van der Waals surface area (Å²) in [5, 5.41) is 3.79. The smallest absolute Gasteiger partial charge is 0.249 e. The number of hydrogen-bond acceptors (Lipinski definition) is 9. The van der Waals surface area contributed by atoms with Gasteiger partial charge < -0.3 is 29.6 Å². The molecule has 1 unspecified atom stereocenters. The number of ether oxygens (including phenoxy) is 2. The van der Waals surface area contributed by atoms with E-state index in [2.05, 4.69) is 66.5 Å². The summed E-state index contributed by atoms with van der Waals surface area (Å²) in [4.78, 5) is 30.2. The van der Waals surface area contributed by atoms with Crippen molar-refractivity contribution in [3.8, 4) is 11.5 Å². The molecule has 44 heavy (non-hydrogen) atoms. The quantitative estimate of drug-likeness (QED) is 0.281. The van der Waals surface area contributed by atoms with Crippen LogP contribution in [0, 0.1) is 0 Å². The van der Waals surface area contributed by atoms with Gasteiger partial charge in [-0.2, -0.15) is 0 Å². The van der Waals surface area contributed by atoms with E-state index in [1.165, 1.54) is 11.1 Å². The first-order valence-corrected chi connectivity index (χ1v) is 15.4. The second-order valence-electron chi connectivity index (χ2n) is 12.1. The number of anilines is 3. The molecule has 2 aromatic carbocycles. The largest absolute Gasteiger partial charge is 0.456 e. The summed E-state index contributed by atoms with van der Waals surface area (Å²) in [6, 6.07) is 18.8. The SMILES string of the molecule is CN(C)c1nccc(CN2CCC(Nc3ccc4c(c3)Cc3cccc(C5CN(c6cc[nH]c(=O)c6)CCO5)c3O4)CC2)n1. The molecular formula is C34H39N7O3. The van der Waals surface area contributed by atoms with E-state index >= 15 is 0 Å². The second-order valence-corrected chi connectivity index (χ2v) is 12.1. The first-order chi connectivity index (χ1) is 21.5. The number of para-hydroxylation sites is 1. The van der Waals surface area contributed by atoms with Crippen molar-refractivity contribution in [2.45, 2.75) is 38.0 Å². The zero-order chi connectivity index (χ0) is 30.0. The number of morpholine rings is 1. The van der Waals surface area contributed by atoms with Crippen LogP contribution in [0.15, 0.2) is 71.8 Å². The Balaban J connectivity index is 0.983. The van der Waals surface area contributed by atoms with E-state index in [0.29, 0.717) is 19.2 Å². The molecule has 0 bridgehead atoms. The molecule has 5 heterocycles. The van der Waals surface area contributed by atoms with Crippen molar-refractivity contribution in [1.29, 1.82) is 0 Å². The second kappa shape index (κ2) is 12.3. The van der Waals surface area contributed by atoms with Crippen molar-refractivity contribution in [1.82, 2.24) is 19.9 Å². The van der Waals surface area contributed by atoms with Crippen molar-refractivity contribution < 1.29 is 9.47 Å². The predicted molar refractivity (Wildman–Crippen MR) is 172 cm³/mol. The molecule has 7 rings (SSSR count). The summed E-state index contributed by atoms with van der Waals surface area (Å²) in [5.41, 5.74) is 6.42. The van der Waals surface area contributed by atoms with Gasteiger partial charge in [-0.1, -0.05) is 18.2 Å². The summed E-state index contributed by atoms with van der Waals surface area (Å²) >= 11 is 0. The minimum Gasteiger partial charge on any atom is -0.456 e. The average Bonchev–Trinajstić information content (AvgIpc) is 3.04. The van der Waals surface area contributed by atoms with Gasteiger partial charge in [0.2, 0.25) is 11.5 Å². The highest BCUT2D eigenvalue weighted by atomic mass is 16.5. The van der Waals surface area contributed by atoms with Crippen molar-refractivity contribution in [3.63, 3.8) is 0 Å². The molecule has 1 atom stereocenters. The predicted octanol–water partition coefficient (Wildman–Crippen LogP) is 4.58. The van der Waals surface area contributed by atoms with Gasteiger partial charge >= 0.3 is 0 Å². The first kappa shape index (κ1) is 28.4. The van der Waals surface area contributed by atoms with Gasteiger partial charge in [-0.15, -0.1) is 0 Å². The molecule has 2 saturated heterocycles. The number of fused-ring (bicyclic) bond motifs is 2. The van der Waals surface area contributed by atoms with Gasteiger partial charge in [0.05, 0.1) is 12.3 Å². The Hall–Kier alpha value is -4.41. The summed E-state index contributed by atoms with van der Waals surface area (Å²) < 4.78 is 12.8. The molecule has 3 aliphatic heterocycles. The van der Waals surface area contributed by atoms with Gasteiger partial charge in [-0.3, -0.25) is 9.69 Å². The van der Waals surface area contributed by atoms with Crippen LogP contribution in [0.3, 0.4) is 0 Å². The lowest BCUT2D eigenvalue weighted by Gasteiger charge is -2.36. The Morgan fingerprint density at radius 2 is 1.93 bits per heavy atom. The van der Waals surface area contributed by atoms with E-state index in [4.69, 9.17) is 9.47 Å². The van der Waals surface area contributed by atoms with E-state index in [9.17, 15) is 4.79 Å². The number of likely N-dealkylation sites (tertiary alicyclic amines) is 1. The molecule has 0 spiro atoms. The zero-order valence-corrected chi connectivity index (χ0v) is 25.3. The van der Waals surface area contributed by atoms with Gasteiger partial charge in [-0.25, -0.2) is 9.97 Å². The van der Waals surface area contributed by atoms with Crippen LogP contribution in [0.5, 0.6) is 11.5 Å². The lowest BCUT2D eigenvalue weighted by molar-refractivity contribution is 0.0384. The Morgan fingerprint density at radius 3 is 2.77 bits per heavy atom. The van der Waals surface area contributed by atoms with E-state index < -0.39 is 0 Å². The molecule has 0 amide bonds. The molecule has 4 aromatic rings. The highest BCUT2D eigenvalue weighted by Crippen LogP contribution is 2.43. The summed E-state index contributed by atoms with van der Waals surface area (Å²) in [6.07, 6.45) is 6.38. The molecule has 0 saturated carbocycles. The van der Waals surface area contributed by atoms with E-state index in [-0.39, 0.29) is 11.7 Å². The average molecular weight is 594 g/mol. The summed E-state index contributed by atoms with van der Waals surface area (Å²) in [6.45, 7) is 4.91. The van der Waals surface area contributed by atoms with Crippen molar-refractivity contribution >= 4 is 17.3 Å². The Bertz CT molecular complexity index is 1680. The number of pyridine rings is 1. The number of aromatic nitrogens is 3. The molecule has 2 fully saturated rings. The fraction of sp³-hybridized carbons (Fsp3) is 0.382. The number of H-pyrrole nitrogens is 1. The topological polar surface area (TPSA) is 98.9 Å². The van der Waals surface area contributed by atoms with Gasteiger partial charge in [0.15, 0.2) is 0 Å². The number of piperidine rings is 1. The van der Waals surface area contributed by atoms with Crippen molar-refractivity contribution in [2.24, 2.45) is 0 Å². The lowest BCUT2D eigenvalue weighted by atomic mass is 9.95. The standard InChI is InChI=1S/C34H39N7O3/c1-39(2)34-36-12-8-27(38-34)21-40-14-10-25(11-15-40)37-26-6-7-30-24(19-26)18-23-4-3-5-29(33(23)44-30)31-22-41(16-17-43-31)28-9-13-35-32(42)20-28/h3-9,12-13,19-20,25,31,37H,10-11,14-18,21-22H2,1-2H3,(H,35,42). The minimum atomic E-state index is -0.143. The van der Waals surface area contributed by atoms with E-state index in [0.717, 1.165) is 85.5 Å². The molecule has 2 aromatic heterocycles. The molecular weight excluding hydrogens is 554 g/mol. The number of hydrogen-bond donors (Lipinski definition) is 2. The van der Waals surface area contributed by atoms with Crippen LogP contribution in [0.2, 0.25) is 0 Å². The first-order valence-electron chi connectivity index (χ1n) is 15.4. The van der Waals surface area contributed by atoms with Gasteiger partial charge in [0.1, 0.15) is 17.6 Å². The minimum absolute atomic E-state index is 0.0979. The molecule has 10 heteroatoms. The van der Waals surface area contributed by atoms with Gasteiger partial charge in [0.25, 0.3) is 0 Å². The fourth-order valence-corrected chi connectivity index (χ4v) is 6.43. The molecule has 10 nitrogen and oxygen atoms in total. The summed E-state index contributed by atoms with van der Waals surface area (Å²) in [5.74, 6) is 2.55. The van der Waals surface area contributed by atoms with Gasteiger partial charge in [-0.05, 0) is 48.7 Å². The van der Waals surface area contributed by atoms with Crippen LogP contribution in [0.25, 0.3) is 0 Å². The normalized spacial score (nSPS) is 18.7. The number of benzene rings is 2. The van der Waals surface area contributed by atoms with E-state index in [1.807, 2.05) is 37.3 Å². The van der Waals surface area contributed by atoms with Crippen molar-refractivity contribution in [3.05, 3.63) is 99.7 Å². The number of rotatable bonds is 7. The highest BCUT2D eigenvalue weighted by molar-refractivity contribution is 5.59. The molecule has 2 N–H and O–H groups in total. The maximum absolute atomic E-state index is 11.9. The lowest BCUT2D eigenvalue weighted by Crippen LogP contribution is -2.39. The number of aromatic amines is 1. The maximum Gasteiger partial charge on any atom is 0.249 e. The third-order valence-electron chi connectivity index (χ3n) is 8.76. The molecule has 3 aliphatic rings. The molecule has 228 valence electrons. The van der Waals surface area contributed by atoms with Crippen LogP contribution in [-0.2, 0) is 17.7 Å². The zero-order valence-electron chi connectivity index (χ0n) is 25.3. The molecule has 0 aliphatic carbocycles. The Kier molecular flexibility index (Phi) is 7.93.